The van der Waals surface area contributed by atoms with E-state index in [0.717, 1.165) is 12.0 Å². The van der Waals surface area contributed by atoms with Gasteiger partial charge in [0.05, 0.1) is 25.8 Å². The zero-order chi connectivity index (χ0) is 20.9. The summed E-state index contributed by atoms with van der Waals surface area (Å²) >= 11 is 0. The maximum absolute atomic E-state index is 12.0. The van der Waals surface area contributed by atoms with Crippen LogP contribution in [0.1, 0.15) is 25.3 Å². The molecule has 2 unspecified atom stereocenters. The standard InChI is InChI=1S/C19H28N4O5/c1-3-7-14(21-2)17(25)19(27)22-10-16(24)23-15(18(20)26)12-28-11-13-8-5-4-6-9-13/h4-6,8-9,14-15,21H,3,7,10-12H2,1-2H3,(H2,20,26)(H,22,27)(H,23,24). The SMILES string of the molecule is CCCC(NC)C(=O)C(=O)NCC(=O)NC(COCc1ccccc1)C(N)=O. The average molecular weight is 392 g/mol. The maximum atomic E-state index is 12.0. The molecule has 0 aliphatic rings. The monoisotopic (exact) mass is 392 g/mol. The van der Waals surface area contributed by atoms with Crippen molar-refractivity contribution in [3.05, 3.63) is 35.9 Å². The Morgan fingerprint density at radius 2 is 1.79 bits per heavy atom. The molecule has 0 aliphatic heterocycles. The van der Waals surface area contributed by atoms with Crippen LogP contribution in [0.25, 0.3) is 0 Å². The van der Waals surface area contributed by atoms with Crippen molar-refractivity contribution in [2.75, 3.05) is 20.2 Å². The molecule has 0 aliphatic carbocycles. The first-order valence-corrected chi connectivity index (χ1v) is 9.08. The lowest BCUT2D eigenvalue weighted by molar-refractivity contribution is -0.139. The normalized spacial score (nSPS) is 12.6. The van der Waals surface area contributed by atoms with Gasteiger partial charge in [-0.2, -0.15) is 0 Å². The highest BCUT2D eigenvalue weighted by atomic mass is 16.5. The van der Waals surface area contributed by atoms with Gasteiger partial charge in [0, 0.05) is 0 Å². The average Bonchev–Trinajstić information content (AvgIpc) is 2.69. The molecule has 9 heteroatoms. The van der Waals surface area contributed by atoms with Crippen molar-refractivity contribution in [3.8, 4) is 0 Å². The van der Waals surface area contributed by atoms with E-state index < -0.39 is 42.1 Å². The summed E-state index contributed by atoms with van der Waals surface area (Å²) in [7, 11) is 1.59. The smallest absolute Gasteiger partial charge is 0.289 e. The number of hydrogen-bond donors (Lipinski definition) is 4. The third kappa shape index (κ3) is 8.28. The second kappa shape index (κ2) is 12.6. The highest BCUT2D eigenvalue weighted by Gasteiger charge is 2.24. The molecule has 0 heterocycles. The molecule has 28 heavy (non-hydrogen) atoms. The van der Waals surface area contributed by atoms with Gasteiger partial charge in [-0.05, 0) is 19.0 Å². The molecule has 0 fully saturated rings. The van der Waals surface area contributed by atoms with Crippen molar-refractivity contribution >= 4 is 23.5 Å². The van der Waals surface area contributed by atoms with Gasteiger partial charge in [0.15, 0.2) is 0 Å². The molecular formula is C19H28N4O5. The summed E-state index contributed by atoms with van der Waals surface area (Å²) in [5.74, 6) is -2.92. The first kappa shape index (κ1) is 23.3. The van der Waals surface area contributed by atoms with Crippen LogP contribution in [0.5, 0.6) is 0 Å². The predicted octanol–water partition coefficient (Wildman–Crippen LogP) is -0.753. The van der Waals surface area contributed by atoms with Crippen LogP contribution in [-0.2, 0) is 30.5 Å². The summed E-state index contributed by atoms with van der Waals surface area (Å²) in [4.78, 5) is 47.3. The molecule has 1 aromatic rings. The molecular weight excluding hydrogens is 364 g/mol. The summed E-state index contributed by atoms with van der Waals surface area (Å²) in [6.45, 7) is 1.60. The Bertz CT molecular complexity index is 666. The number of likely N-dealkylation sites (N-methyl/N-ethyl adjacent to an activating group) is 1. The van der Waals surface area contributed by atoms with E-state index in [1.165, 1.54) is 0 Å². The van der Waals surface area contributed by atoms with Crippen molar-refractivity contribution in [1.82, 2.24) is 16.0 Å². The Morgan fingerprint density at radius 1 is 1.11 bits per heavy atom. The highest BCUT2D eigenvalue weighted by molar-refractivity contribution is 6.38. The summed E-state index contributed by atoms with van der Waals surface area (Å²) in [5.41, 5.74) is 6.19. The second-order valence-electron chi connectivity index (χ2n) is 6.20. The van der Waals surface area contributed by atoms with E-state index in [4.69, 9.17) is 10.5 Å². The summed E-state index contributed by atoms with van der Waals surface area (Å²) in [5, 5.41) is 7.40. The summed E-state index contributed by atoms with van der Waals surface area (Å²) in [6.07, 6.45) is 1.24. The van der Waals surface area contributed by atoms with Gasteiger partial charge in [-0.1, -0.05) is 43.7 Å². The number of rotatable bonds is 13. The third-order valence-corrected chi connectivity index (χ3v) is 3.95. The van der Waals surface area contributed by atoms with E-state index in [2.05, 4.69) is 16.0 Å². The molecule has 0 saturated carbocycles. The van der Waals surface area contributed by atoms with Gasteiger partial charge in [0.25, 0.3) is 5.91 Å². The van der Waals surface area contributed by atoms with E-state index in [1.807, 2.05) is 37.3 Å². The van der Waals surface area contributed by atoms with E-state index in [0.29, 0.717) is 6.42 Å². The first-order chi connectivity index (χ1) is 13.4. The van der Waals surface area contributed by atoms with Crippen LogP contribution in [0.15, 0.2) is 30.3 Å². The largest absolute Gasteiger partial charge is 0.374 e. The van der Waals surface area contributed by atoms with Crippen LogP contribution < -0.4 is 21.7 Å². The fourth-order valence-electron chi connectivity index (χ4n) is 2.41. The molecule has 3 amide bonds. The van der Waals surface area contributed by atoms with E-state index in [-0.39, 0.29) is 13.2 Å². The quantitative estimate of drug-likeness (QED) is 0.326. The number of hydrogen-bond acceptors (Lipinski definition) is 6. The first-order valence-electron chi connectivity index (χ1n) is 9.08. The molecule has 9 nitrogen and oxygen atoms in total. The van der Waals surface area contributed by atoms with Crippen molar-refractivity contribution < 1.29 is 23.9 Å². The molecule has 154 valence electrons. The van der Waals surface area contributed by atoms with Gasteiger partial charge >= 0.3 is 0 Å². The van der Waals surface area contributed by atoms with Gasteiger partial charge in [0.1, 0.15) is 6.04 Å². The lowest BCUT2D eigenvalue weighted by Gasteiger charge is -2.17. The molecule has 0 saturated heterocycles. The molecule has 5 N–H and O–H groups in total. The minimum absolute atomic E-state index is 0.110. The Kier molecular flexibility index (Phi) is 10.4. The minimum atomic E-state index is -1.05. The second-order valence-corrected chi connectivity index (χ2v) is 6.20. The number of amides is 3. The Labute approximate surface area is 164 Å². The lowest BCUT2D eigenvalue weighted by atomic mass is 10.1. The number of carbonyl (C=O) groups is 4. The molecule has 1 rings (SSSR count). The Morgan fingerprint density at radius 3 is 2.36 bits per heavy atom. The molecule has 0 bridgehead atoms. The number of carbonyl (C=O) groups excluding carboxylic acids is 4. The molecule has 0 spiro atoms. The van der Waals surface area contributed by atoms with Crippen LogP contribution in [0, 0.1) is 0 Å². The van der Waals surface area contributed by atoms with Crippen molar-refractivity contribution in [1.29, 1.82) is 0 Å². The topological polar surface area (TPSA) is 140 Å². The maximum Gasteiger partial charge on any atom is 0.289 e. The van der Waals surface area contributed by atoms with Crippen LogP contribution in [0.4, 0.5) is 0 Å². The minimum Gasteiger partial charge on any atom is -0.374 e. The van der Waals surface area contributed by atoms with Crippen LogP contribution in [-0.4, -0.2) is 55.8 Å². The molecule has 0 radical (unpaired) electrons. The van der Waals surface area contributed by atoms with Gasteiger partial charge in [-0.3, -0.25) is 19.2 Å². The van der Waals surface area contributed by atoms with Gasteiger partial charge in [-0.25, -0.2) is 0 Å². The number of benzene rings is 1. The molecule has 2 atom stereocenters. The van der Waals surface area contributed by atoms with Crippen LogP contribution in [0.2, 0.25) is 0 Å². The molecule has 1 aromatic carbocycles. The van der Waals surface area contributed by atoms with Crippen LogP contribution >= 0.6 is 0 Å². The predicted molar refractivity (Wildman–Crippen MR) is 103 cm³/mol. The van der Waals surface area contributed by atoms with Gasteiger partial charge < -0.3 is 26.4 Å². The van der Waals surface area contributed by atoms with Crippen LogP contribution in [0.3, 0.4) is 0 Å². The van der Waals surface area contributed by atoms with Gasteiger partial charge in [0.2, 0.25) is 17.6 Å². The fraction of sp³-hybridized carbons (Fsp3) is 0.474. The van der Waals surface area contributed by atoms with Crippen molar-refractivity contribution in [3.63, 3.8) is 0 Å². The van der Waals surface area contributed by atoms with E-state index >= 15 is 0 Å². The number of nitrogens with one attached hydrogen (secondary N) is 3. The van der Waals surface area contributed by atoms with Gasteiger partial charge in [-0.15, -0.1) is 0 Å². The lowest BCUT2D eigenvalue weighted by Crippen LogP contribution is -2.51. The van der Waals surface area contributed by atoms with Crippen molar-refractivity contribution in [2.45, 2.75) is 38.5 Å². The Hall–Kier alpha value is -2.78. The number of Topliss-reactive ketones (excluding diaryl/α,β-unsaturated/α-hetero) is 1. The van der Waals surface area contributed by atoms with Crippen molar-refractivity contribution in [2.24, 2.45) is 5.73 Å². The number of ether oxygens (including phenoxy) is 1. The van der Waals surface area contributed by atoms with E-state index in [9.17, 15) is 19.2 Å². The summed E-state index contributed by atoms with van der Waals surface area (Å²) in [6, 6.07) is 7.66. The van der Waals surface area contributed by atoms with E-state index in [1.54, 1.807) is 7.05 Å². The third-order valence-electron chi connectivity index (χ3n) is 3.95. The summed E-state index contributed by atoms with van der Waals surface area (Å²) < 4.78 is 5.42. The number of ketones is 1. The number of nitrogens with two attached hydrogens (primary N) is 1. The zero-order valence-electron chi connectivity index (χ0n) is 16.2. The zero-order valence-corrected chi connectivity index (χ0v) is 16.2. The highest BCUT2D eigenvalue weighted by Crippen LogP contribution is 2.01. The fourth-order valence-corrected chi connectivity index (χ4v) is 2.41. The molecule has 0 aromatic heterocycles. The Balaban J connectivity index is 2.43. The number of primary amides is 1.